The second kappa shape index (κ2) is 7.21. The van der Waals surface area contributed by atoms with E-state index in [0.29, 0.717) is 5.75 Å². The van der Waals surface area contributed by atoms with Gasteiger partial charge in [-0.1, -0.05) is 47.6 Å². The summed E-state index contributed by atoms with van der Waals surface area (Å²) in [5.41, 5.74) is 9.45. The largest absolute Gasteiger partial charge is 0.457 e. The molecular formula is C19H12F3N3O. The van der Waals surface area contributed by atoms with Crippen LogP contribution in [0.25, 0.3) is 21.6 Å². The molecule has 26 heavy (non-hydrogen) atoms. The van der Waals surface area contributed by atoms with E-state index in [4.69, 9.17) is 10.3 Å². The van der Waals surface area contributed by atoms with Crippen molar-refractivity contribution in [2.75, 3.05) is 0 Å². The molecule has 3 aromatic rings. The number of azide groups is 1. The predicted molar refractivity (Wildman–Crippen MR) is 92.2 cm³/mol. The summed E-state index contributed by atoms with van der Waals surface area (Å²) < 4.78 is 44.0. The summed E-state index contributed by atoms with van der Waals surface area (Å²) in [4.78, 5) is 2.56. The van der Waals surface area contributed by atoms with E-state index < -0.39 is 11.7 Å². The molecule has 0 radical (unpaired) electrons. The highest BCUT2D eigenvalue weighted by molar-refractivity contribution is 5.64. The van der Waals surface area contributed by atoms with Gasteiger partial charge in [0.1, 0.15) is 11.5 Å². The third-order valence-corrected chi connectivity index (χ3v) is 3.63. The van der Waals surface area contributed by atoms with Gasteiger partial charge in [-0.3, -0.25) is 0 Å². The zero-order valence-corrected chi connectivity index (χ0v) is 13.3. The average molecular weight is 355 g/mol. The SMILES string of the molecule is [N-]=[N+]=Nc1cc(C(F)(F)F)ccc1Oc1ccc(-c2ccccc2)cc1. The summed E-state index contributed by atoms with van der Waals surface area (Å²) in [5, 5.41) is 3.30. The molecule has 0 heterocycles. The average Bonchev–Trinajstić information content (AvgIpc) is 2.64. The van der Waals surface area contributed by atoms with Crippen LogP contribution < -0.4 is 4.74 Å². The fourth-order valence-corrected chi connectivity index (χ4v) is 2.38. The fourth-order valence-electron chi connectivity index (χ4n) is 2.38. The molecule has 0 N–H and O–H groups in total. The minimum absolute atomic E-state index is 0.0447. The number of rotatable bonds is 4. The van der Waals surface area contributed by atoms with Crippen LogP contribution in [-0.2, 0) is 6.18 Å². The first-order valence-electron chi connectivity index (χ1n) is 7.57. The minimum atomic E-state index is -4.53. The molecule has 0 atom stereocenters. The number of ether oxygens (including phenoxy) is 1. The molecule has 3 aromatic carbocycles. The normalized spacial score (nSPS) is 10.9. The van der Waals surface area contributed by atoms with Crippen LogP contribution in [0, 0.1) is 0 Å². The standard InChI is InChI=1S/C19H12F3N3O/c20-19(21,22)15-8-11-18(17(12-15)24-25-23)26-16-9-6-14(7-10-16)13-4-2-1-3-5-13/h1-12H. The molecular weight excluding hydrogens is 343 g/mol. The highest BCUT2D eigenvalue weighted by atomic mass is 19.4. The Hall–Kier alpha value is -3.44. The monoisotopic (exact) mass is 355 g/mol. The topological polar surface area (TPSA) is 58.0 Å². The van der Waals surface area contributed by atoms with E-state index >= 15 is 0 Å². The Bertz CT molecular complexity index is 948. The summed E-state index contributed by atoms with van der Waals surface area (Å²) in [5.74, 6) is 0.460. The number of benzene rings is 3. The highest BCUT2D eigenvalue weighted by Gasteiger charge is 2.31. The van der Waals surface area contributed by atoms with Crippen molar-refractivity contribution in [2.45, 2.75) is 6.18 Å². The van der Waals surface area contributed by atoms with Crippen LogP contribution in [0.3, 0.4) is 0 Å². The van der Waals surface area contributed by atoms with Crippen LogP contribution in [0.15, 0.2) is 77.9 Å². The van der Waals surface area contributed by atoms with E-state index in [1.807, 2.05) is 42.5 Å². The van der Waals surface area contributed by atoms with Crippen LogP contribution in [0.4, 0.5) is 18.9 Å². The smallest absolute Gasteiger partial charge is 0.416 e. The molecule has 7 heteroatoms. The van der Waals surface area contributed by atoms with Gasteiger partial charge >= 0.3 is 6.18 Å². The number of hydrogen-bond donors (Lipinski definition) is 0. The van der Waals surface area contributed by atoms with Gasteiger partial charge in [0.2, 0.25) is 0 Å². The van der Waals surface area contributed by atoms with Gasteiger partial charge in [0.15, 0.2) is 0 Å². The Labute approximate surface area is 147 Å². The zero-order chi connectivity index (χ0) is 18.6. The molecule has 0 amide bonds. The third-order valence-electron chi connectivity index (χ3n) is 3.63. The summed E-state index contributed by atoms with van der Waals surface area (Å²) in [7, 11) is 0. The predicted octanol–water partition coefficient (Wildman–Crippen LogP) is 7.11. The molecule has 0 aliphatic rings. The number of hydrogen-bond acceptors (Lipinski definition) is 2. The van der Waals surface area contributed by atoms with Crippen molar-refractivity contribution in [3.8, 4) is 22.6 Å². The lowest BCUT2D eigenvalue weighted by Crippen LogP contribution is -2.04. The summed E-state index contributed by atoms with van der Waals surface area (Å²) in [6.45, 7) is 0. The molecule has 0 unspecified atom stereocenters. The third kappa shape index (κ3) is 3.96. The van der Waals surface area contributed by atoms with Crippen molar-refractivity contribution >= 4 is 5.69 Å². The first-order valence-corrected chi connectivity index (χ1v) is 7.57. The van der Waals surface area contributed by atoms with Crippen molar-refractivity contribution < 1.29 is 17.9 Å². The van der Waals surface area contributed by atoms with Crippen molar-refractivity contribution in [1.82, 2.24) is 0 Å². The van der Waals surface area contributed by atoms with E-state index in [1.165, 1.54) is 0 Å². The lowest BCUT2D eigenvalue weighted by Gasteiger charge is -2.12. The zero-order valence-electron chi connectivity index (χ0n) is 13.3. The maximum Gasteiger partial charge on any atom is 0.416 e. The Morgan fingerprint density at radius 3 is 2.12 bits per heavy atom. The first-order chi connectivity index (χ1) is 12.5. The Morgan fingerprint density at radius 1 is 0.846 bits per heavy atom. The van der Waals surface area contributed by atoms with Gasteiger partial charge < -0.3 is 4.74 Å². The van der Waals surface area contributed by atoms with E-state index in [-0.39, 0.29) is 11.4 Å². The van der Waals surface area contributed by atoms with E-state index in [1.54, 1.807) is 12.1 Å². The number of halogens is 3. The molecule has 0 aromatic heterocycles. The summed E-state index contributed by atoms with van der Waals surface area (Å²) in [6.07, 6.45) is -4.53. The van der Waals surface area contributed by atoms with Gasteiger partial charge in [-0.2, -0.15) is 13.2 Å². The number of alkyl halides is 3. The van der Waals surface area contributed by atoms with Crippen LogP contribution >= 0.6 is 0 Å². The van der Waals surface area contributed by atoms with Gasteiger partial charge in [0, 0.05) is 4.91 Å². The van der Waals surface area contributed by atoms with Gasteiger partial charge in [-0.15, -0.1) is 0 Å². The molecule has 0 aliphatic heterocycles. The minimum Gasteiger partial charge on any atom is -0.457 e. The van der Waals surface area contributed by atoms with Crippen molar-refractivity contribution in [2.24, 2.45) is 5.11 Å². The van der Waals surface area contributed by atoms with E-state index in [2.05, 4.69) is 10.0 Å². The lowest BCUT2D eigenvalue weighted by molar-refractivity contribution is -0.137. The molecule has 130 valence electrons. The molecule has 4 nitrogen and oxygen atoms in total. The molecule has 3 rings (SSSR count). The van der Waals surface area contributed by atoms with E-state index in [9.17, 15) is 13.2 Å². The molecule has 0 saturated carbocycles. The van der Waals surface area contributed by atoms with Crippen molar-refractivity contribution in [1.29, 1.82) is 0 Å². The quantitative estimate of drug-likeness (QED) is 0.279. The maximum absolute atomic E-state index is 12.8. The molecule has 0 aliphatic carbocycles. The number of nitrogens with zero attached hydrogens (tertiary/aromatic N) is 3. The fraction of sp³-hybridized carbons (Fsp3) is 0.0526. The Morgan fingerprint density at radius 2 is 1.50 bits per heavy atom. The Kier molecular flexibility index (Phi) is 4.82. The Balaban J connectivity index is 1.87. The first kappa shape index (κ1) is 17.4. The van der Waals surface area contributed by atoms with E-state index in [0.717, 1.165) is 29.3 Å². The van der Waals surface area contributed by atoms with Gasteiger partial charge in [0.25, 0.3) is 0 Å². The maximum atomic E-state index is 12.8. The molecule has 0 fully saturated rings. The van der Waals surface area contributed by atoms with Crippen LogP contribution in [0.2, 0.25) is 0 Å². The second-order valence-corrected chi connectivity index (χ2v) is 5.36. The van der Waals surface area contributed by atoms with Gasteiger partial charge in [-0.25, -0.2) is 0 Å². The molecule has 0 bridgehead atoms. The molecule has 0 saturated heterocycles. The van der Waals surface area contributed by atoms with Gasteiger partial charge in [-0.05, 0) is 47.0 Å². The lowest BCUT2D eigenvalue weighted by atomic mass is 10.1. The van der Waals surface area contributed by atoms with Crippen molar-refractivity contribution in [3.05, 3.63) is 88.8 Å². The summed E-state index contributed by atoms with van der Waals surface area (Å²) in [6, 6.07) is 19.5. The van der Waals surface area contributed by atoms with Crippen molar-refractivity contribution in [3.63, 3.8) is 0 Å². The second-order valence-electron chi connectivity index (χ2n) is 5.36. The highest BCUT2D eigenvalue weighted by Crippen LogP contribution is 2.38. The summed E-state index contributed by atoms with van der Waals surface area (Å²) >= 11 is 0. The van der Waals surface area contributed by atoms with Gasteiger partial charge in [0.05, 0.1) is 11.3 Å². The van der Waals surface area contributed by atoms with Crippen LogP contribution in [0.1, 0.15) is 5.56 Å². The van der Waals surface area contributed by atoms with Crippen LogP contribution in [-0.4, -0.2) is 0 Å². The molecule has 0 spiro atoms. The van der Waals surface area contributed by atoms with Crippen LogP contribution in [0.5, 0.6) is 11.5 Å².